The number of rotatable bonds is 7. The van der Waals surface area contributed by atoms with E-state index in [1.54, 1.807) is 14.2 Å². The lowest BCUT2D eigenvalue weighted by molar-refractivity contribution is 0.404. The Bertz CT molecular complexity index is 581. The lowest BCUT2D eigenvalue weighted by Crippen LogP contribution is -2.24. The average Bonchev–Trinajstić information content (AvgIpc) is 3.00. The van der Waals surface area contributed by atoms with Crippen LogP contribution >= 0.6 is 0 Å². The third kappa shape index (κ3) is 3.76. The van der Waals surface area contributed by atoms with Crippen molar-refractivity contribution in [2.75, 3.05) is 14.2 Å². The number of nitrogens with zero attached hydrogens (tertiary/aromatic N) is 1. The van der Waals surface area contributed by atoms with E-state index in [1.165, 1.54) is 0 Å². The second kappa shape index (κ2) is 7.13. The summed E-state index contributed by atoms with van der Waals surface area (Å²) in [5.74, 6) is 2.50. The van der Waals surface area contributed by atoms with Gasteiger partial charge in [-0.15, -0.1) is 0 Å². The zero-order valence-electron chi connectivity index (χ0n) is 13.1. The van der Waals surface area contributed by atoms with Crippen LogP contribution in [-0.4, -0.2) is 30.2 Å². The molecule has 1 atom stereocenters. The Morgan fingerprint density at radius 2 is 2.10 bits per heavy atom. The van der Waals surface area contributed by atoms with Gasteiger partial charge in [-0.05, 0) is 31.5 Å². The molecule has 0 aliphatic rings. The van der Waals surface area contributed by atoms with Crippen LogP contribution in [0.4, 0.5) is 0 Å². The van der Waals surface area contributed by atoms with Gasteiger partial charge in [-0.3, -0.25) is 0 Å². The van der Waals surface area contributed by atoms with Crippen LogP contribution in [0, 0.1) is 0 Å². The van der Waals surface area contributed by atoms with Gasteiger partial charge in [0.1, 0.15) is 17.3 Å². The van der Waals surface area contributed by atoms with E-state index in [0.717, 1.165) is 41.5 Å². The van der Waals surface area contributed by atoms with Crippen molar-refractivity contribution in [1.29, 1.82) is 0 Å². The Morgan fingerprint density at radius 1 is 1.29 bits per heavy atom. The van der Waals surface area contributed by atoms with Crippen LogP contribution in [-0.2, 0) is 6.54 Å². The van der Waals surface area contributed by atoms with E-state index < -0.39 is 0 Å². The van der Waals surface area contributed by atoms with Crippen molar-refractivity contribution in [1.82, 2.24) is 15.3 Å². The van der Waals surface area contributed by atoms with Gasteiger partial charge >= 0.3 is 0 Å². The molecule has 114 valence electrons. The summed E-state index contributed by atoms with van der Waals surface area (Å²) in [6.07, 6.45) is 2.92. The topological polar surface area (TPSA) is 59.2 Å². The predicted molar refractivity (Wildman–Crippen MR) is 83.7 cm³/mol. The summed E-state index contributed by atoms with van der Waals surface area (Å²) in [4.78, 5) is 7.74. The molecule has 1 aromatic heterocycles. The smallest absolute Gasteiger partial charge is 0.128 e. The molecule has 2 aromatic rings. The van der Waals surface area contributed by atoms with Gasteiger partial charge in [-0.25, -0.2) is 4.98 Å². The predicted octanol–water partition coefficient (Wildman–Crippen LogP) is 2.98. The summed E-state index contributed by atoms with van der Waals surface area (Å²) >= 11 is 0. The summed E-state index contributed by atoms with van der Waals surface area (Å²) < 4.78 is 10.7. The number of ether oxygens (including phenoxy) is 2. The van der Waals surface area contributed by atoms with Gasteiger partial charge in [0.05, 0.1) is 32.7 Å². The van der Waals surface area contributed by atoms with Crippen molar-refractivity contribution in [2.45, 2.75) is 32.9 Å². The minimum absolute atomic E-state index is 0.477. The SMILES string of the molecule is CCC(C)NCc1ncc(-c2cc(OC)ccc2OC)[nH]1. The zero-order chi connectivity index (χ0) is 15.2. The van der Waals surface area contributed by atoms with E-state index in [2.05, 4.69) is 29.1 Å². The maximum Gasteiger partial charge on any atom is 0.128 e. The molecule has 0 fully saturated rings. The molecule has 0 spiro atoms. The Balaban J connectivity index is 2.20. The second-order valence-corrected chi connectivity index (χ2v) is 5.00. The number of hydrogen-bond acceptors (Lipinski definition) is 4. The van der Waals surface area contributed by atoms with Gasteiger partial charge in [0.15, 0.2) is 0 Å². The highest BCUT2D eigenvalue weighted by Gasteiger charge is 2.11. The third-order valence-corrected chi connectivity index (χ3v) is 3.56. The lowest BCUT2D eigenvalue weighted by Gasteiger charge is -2.10. The zero-order valence-corrected chi connectivity index (χ0v) is 13.1. The summed E-state index contributed by atoms with van der Waals surface area (Å²) in [7, 11) is 3.31. The second-order valence-electron chi connectivity index (χ2n) is 5.00. The molecule has 0 amide bonds. The van der Waals surface area contributed by atoms with Crippen LogP contribution in [0.1, 0.15) is 26.1 Å². The molecular weight excluding hydrogens is 266 g/mol. The first kappa shape index (κ1) is 15.4. The summed E-state index contributed by atoms with van der Waals surface area (Å²) in [6, 6.07) is 6.19. The fourth-order valence-corrected chi connectivity index (χ4v) is 2.03. The number of benzene rings is 1. The number of imidazole rings is 1. The monoisotopic (exact) mass is 289 g/mol. The molecule has 5 nitrogen and oxygen atoms in total. The van der Waals surface area contributed by atoms with Crippen molar-refractivity contribution >= 4 is 0 Å². The first-order valence-corrected chi connectivity index (χ1v) is 7.17. The summed E-state index contributed by atoms with van der Waals surface area (Å²) in [5, 5.41) is 3.41. The maximum absolute atomic E-state index is 5.41. The van der Waals surface area contributed by atoms with Crippen molar-refractivity contribution < 1.29 is 9.47 Å². The molecule has 0 saturated heterocycles. The van der Waals surface area contributed by atoms with E-state index >= 15 is 0 Å². The molecular formula is C16H23N3O2. The van der Waals surface area contributed by atoms with Gasteiger partial charge in [-0.2, -0.15) is 0 Å². The summed E-state index contributed by atoms with van der Waals surface area (Å²) in [5.41, 5.74) is 1.87. The number of aromatic nitrogens is 2. The highest BCUT2D eigenvalue weighted by Crippen LogP contribution is 2.32. The molecule has 0 saturated carbocycles. The van der Waals surface area contributed by atoms with Crippen LogP contribution in [0.5, 0.6) is 11.5 Å². The molecule has 0 aliphatic carbocycles. The van der Waals surface area contributed by atoms with Gasteiger partial charge in [0.2, 0.25) is 0 Å². The largest absolute Gasteiger partial charge is 0.497 e. The number of methoxy groups -OCH3 is 2. The van der Waals surface area contributed by atoms with E-state index in [0.29, 0.717) is 6.04 Å². The van der Waals surface area contributed by atoms with Crippen molar-refractivity contribution in [3.8, 4) is 22.8 Å². The van der Waals surface area contributed by atoms with Crippen LogP contribution in [0.2, 0.25) is 0 Å². The Morgan fingerprint density at radius 3 is 2.76 bits per heavy atom. The van der Waals surface area contributed by atoms with Gasteiger partial charge in [0, 0.05) is 11.6 Å². The van der Waals surface area contributed by atoms with Crippen molar-refractivity contribution in [2.24, 2.45) is 0 Å². The lowest BCUT2D eigenvalue weighted by atomic mass is 10.1. The fraction of sp³-hybridized carbons (Fsp3) is 0.438. The number of H-pyrrole nitrogens is 1. The molecule has 1 aromatic carbocycles. The van der Waals surface area contributed by atoms with Crippen LogP contribution < -0.4 is 14.8 Å². The minimum atomic E-state index is 0.477. The average molecular weight is 289 g/mol. The van der Waals surface area contributed by atoms with Crippen LogP contribution in [0.15, 0.2) is 24.4 Å². The molecule has 2 N–H and O–H groups in total. The standard InChI is InChI=1S/C16H23N3O2/c1-5-11(2)17-10-16-18-9-14(19-16)13-8-12(20-3)6-7-15(13)21-4/h6-9,11,17H,5,10H2,1-4H3,(H,18,19). The Labute approximate surface area is 125 Å². The van der Waals surface area contributed by atoms with Gasteiger partial charge in [-0.1, -0.05) is 6.92 Å². The van der Waals surface area contributed by atoms with Crippen LogP contribution in [0.25, 0.3) is 11.3 Å². The summed E-state index contributed by atoms with van der Waals surface area (Å²) in [6.45, 7) is 5.04. The number of aromatic amines is 1. The van der Waals surface area contributed by atoms with E-state index in [4.69, 9.17) is 9.47 Å². The molecule has 0 bridgehead atoms. The minimum Gasteiger partial charge on any atom is -0.497 e. The maximum atomic E-state index is 5.41. The molecule has 1 unspecified atom stereocenters. The van der Waals surface area contributed by atoms with E-state index in [1.807, 2.05) is 24.4 Å². The molecule has 21 heavy (non-hydrogen) atoms. The highest BCUT2D eigenvalue weighted by molar-refractivity contribution is 5.68. The first-order chi connectivity index (χ1) is 10.2. The normalized spacial score (nSPS) is 12.2. The Kier molecular flexibility index (Phi) is 5.22. The van der Waals surface area contributed by atoms with Gasteiger partial charge in [0.25, 0.3) is 0 Å². The first-order valence-electron chi connectivity index (χ1n) is 7.17. The van der Waals surface area contributed by atoms with Crippen LogP contribution in [0.3, 0.4) is 0 Å². The molecule has 2 rings (SSSR count). The van der Waals surface area contributed by atoms with Crippen molar-refractivity contribution in [3.63, 3.8) is 0 Å². The van der Waals surface area contributed by atoms with Gasteiger partial charge < -0.3 is 19.8 Å². The van der Waals surface area contributed by atoms with E-state index in [-0.39, 0.29) is 0 Å². The van der Waals surface area contributed by atoms with E-state index in [9.17, 15) is 0 Å². The fourth-order valence-electron chi connectivity index (χ4n) is 2.03. The number of hydrogen-bond donors (Lipinski definition) is 2. The number of nitrogens with one attached hydrogen (secondary N) is 2. The molecule has 5 heteroatoms. The molecule has 0 radical (unpaired) electrons. The molecule has 1 heterocycles. The Hall–Kier alpha value is -2.01. The van der Waals surface area contributed by atoms with Crippen molar-refractivity contribution in [3.05, 3.63) is 30.2 Å². The molecule has 0 aliphatic heterocycles. The third-order valence-electron chi connectivity index (χ3n) is 3.56. The quantitative estimate of drug-likeness (QED) is 0.822. The highest BCUT2D eigenvalue weighted by atomic mass is 16.5.